The summed E-state index contributed by atoms with van der Waals surface area (Å²) < 4.78 is 5.99. The Morgan fingerprint density at radius 1 is 1.44 bits per heavy atom. The van der Waals surface area contributed by atoms with Gasteiger partial charge in [-0.15, -0.1) is 0 Å². The van der Waals surface area contributed by atoms with Gasteiger partial charge in [-0.05, 0) is 25.1 Å². The fraction of sp³-hybridized carbons (Fsp3) is 0.909. The van der Waals surface area contributed by atoms with E-state index in [1.54, 1.807) is 6.92 Å². The van der Waals surface area contributed by atoms with E-state index in [9.17, 15) is 4.79 Å². The van der Waals surface area contributed by atoms with Gasteiger partial charge in [0.25, 0.3) is 0 Å². The Balaban J connectivity index is 4.67. The summed E-state index contributed by atoms with van der Waals surface area (Å²) in [5.74, 6) is -1.50. The first-order chi connectivity index (χ1) is 7.03. The first-order valence-corrected chi connectivity index (χ1v) is 8.54. The van der Waals surface area contributed by atoms with Crippen molar-refractivity contribution in [1.29, 1.82) is 0 Å². The van der Waals surface area contributed by atoms with Gasteiger partial charge in [-0.2, -0.15) is 0 Å². The molecule has 0 rings (SSSR count). The maximum absolute atomic E-state index is 11.0. The van der Waals surface area contributed by atoms with Crippen LogP contribution in [0.25, 0.3) is 0 Å². The smallest absolute Gasteiger partial charge is 0.310 e. The molecule has 96 valence electrons. The minimum absolute atomic E-state index is 0.0823. The molecular formula is C11H25NO3Si. The number of nitrogens with two attached hydrogens (primary N) is 1. The van der Waals surface area contributed by atoms with Crippen LogP contribution in [-0.4, -0.2) is 32.0 Å². The summed E-state index contributed by atoms with van der Waals surface area (Å²) in [5.41, 5.74) is 5.46. The third-order valence-corrected chi connectivity index (χ3v) is 8.00. The summed E-state index contributed by atoms with van der Waals surface area (Å²) in [6.07, 6.45) is -0.330. The van der Waals surface area contributed by atoms with Crippen LogP contribution in [-0.2, 0) is 9.22 Å². The number of hydrogen-bond acceptors (Lipinski definition) is 3. The van der Waals surface area contributed by atoms with E-state index < -0.39 is 20.2 Å². The Bertz CT molecular complexity index is 248. The lowest BCUT2D eigenvalue weighted by atomic mass is 10.1. The van der Waals surface area contributed by atoms with Gasteiger partial charge in [0, 0.05) is 6.54 Å². The Kier molecular flexibility index (Phi) is 5.16. The second kappa shape index (κ2) is 5.29. The normalized spacial score (nSPS) is 16.9. The minimum atomic E-state index is -1.91. The SMILES string of the molecule is CC(O[Si](C)(C)C(C)(C)C)C(CN)C(=O)O. The Labute approximate surface area is 99.3 Å². The summed E-state index contributed by atoms with van der Waals surface area (Å²) in [5, 5.41) is 9.08. The number of carboxylic acids is 1. The predicted molar refractivity (Wildman–Crippen MR) is 67.9 cm³/mol. The van der Waals surface area contributed by atoms with Crippen molar-refractivity contribution < 1.29 is 14.3 Å². The molecule has 0 saturated carbocycles. The molecule has 16 heavy (non-hydrogen) atoms. The zero-order chi connectivity index (χ0) is 13.1. The van der Waals surface area contributed by atoms with Crippen molar-refractivity contribution in [2.24, 2.45) is 11.7 Å². The van der Waals surface area contributed by atoms with Crippen molar-refractivity contribution in [3.8, 4) is 0 Å². The summed E-state index contributed by atoms with van der Waals surface area (Å²) in [4.78, 5) is 11.0. The molecular weight excluding hydrogens is 222 g/mol. The minimum Gasteiger partial charge on any atom is -0.481 e. The summed E-state index contributed by atoms with van der Waals surface area (Å²) in [7, 11) is -1.91. The van der Waals surface area contributed by atoms with Crippen LogP contribution in [0.4, 0.5) is 0 Å². The molecule has 0 fully saturated rings. The van der Waals surface area contributed by atoms with Crippen molar-refractivity contribution in [3.05, 3.63) is 0 Å². The monoisotopic (exact) mass is 247 g/mol. The molecule has 0 aliphatic carbocycles. The zero-order valence-corrected chi connectivity index (χ0v) is 12.2. The molecule has 0 aliphatic heterocycles. The van der Waals surface area contributed by atoms with Crippen LogP contribution in [0.2, 0.25) is 18.1 Å². The van der Waals surface area contributed by atoms with Gasteiger partial charge in [0.2, 0.25) is 0 Å². The first kappa shape index (κ1) is 15.6. The fourth-order valence-electron chi connectivity index (χ4n) is 1.22. The van der Waals surface area contributed by atoms with E-state index in [0.29, 0.717) is 0 Å². The first-order valence-electron chi connectivity index (χ1n) is 5.63. The van der Waals surface area contributed by atoms with Crippen molar-refractivity contribution in [1.82, 2.24) is 0 Å². The van der Waals surface area contributed by atoms with Crippen LogP contribution in [0.15, 0.2) is 0 Å². The molecule has 4 nitrogen and oxygen atoms in total. The quantitative estimate of drug-likeness (QED) is 0.729. The number of carboxylic acid groups (broad SMARTS) is 1. The van der Waals surface area contributed by atoms with Crippen molar-refractivity contribution in [3.63, 3.8) is 0 Å². The average Bonchev–Trinajstić information content (AvgIpc) is 2.00. The maximum Gasteiger partial charge on any atom is 0.310 e. The van der Waals surface area contributed by atoms with Gasteiger partial charge in [-0.3, -0.25) is 4.79 Å². The highest BCUT2D eigenvalue weighted by atomic mass is 28.4. The molecule has 0 aromatic heterocycles. The van der Waals surface area contributed by atoms with Crippen LogP contribution in [0.3, 0.4) is 0 Å². The number of carbonyl (C=O) groups is 1. The van der Waals surface area contributed by atoms with Crippen LogP contribution in [0.1, 0.15) is 27.7 Å². The second-order valence-corrected chi connectivity index (χ2v) is 10.5. The molecule has 2 unspecified atom stereocenters. The van der Waals surface area contributed by atoms with Crippen molar-refractivity contribution in [2.45, 2.75) is 51.9 Å². The average molecular weight is 247 g/mol. The molecule has 0 bridgehead atoms. The second-order valence-electron chi connectivity index (χ2n) is 5.76. The Hall–Kier alpha value is -0.393. The molecule has 0 aliphatic rings. The molecule has 0 aromatic carbocycles. The highest BCUT2D eigenvalue weighted by molar-refractivity contribution is 6.74. The van der Waals surface area contributed by atoms with Crippen molar-refractivity contribution >= 4 is 14.3 Å². The third-order valence-electron chi connectivity index (χ3n) is 3.42. The van der Waals surface area contributed by atoms with E-state index in [0.717, 1.165) is 0 Å². The van der Waals surface area contributed by atoms with Gasteiger partial charge < -0.3 is 15.3 Å². The van der Waals surface area contributed by atoms with E-state index >= 15 is 0 Å². The summed E-state index contributed by atoms with van der Waals surface area (Å²) in [6, 6.07) is 0. The van der Waals surface area contributed by atoms with E-state index in [1.807, 2.05) is 0 Å². The number of aliphatic carboxylic acids is 1. The van der Waals surface area contributed by atoms with Crippen LogP contribution in [0, 0.1) is 5.92 Å². The number of hydrogen-bond donors (Lipinski definition) is 2. The molecule has 5 heteroatoms. The molecule has 0 heterocycles. The molecule has 3 N–H and O–H groups in total. The molecule has 2 atom stereocenters. The maximum atomic E-state index is 11.0. The molecule has 0 amide bonds. The standard InChI is InChI=1S/C11H25NO3Si/c1-8(9(7-12)10(13)14)15-16(5,6)11(2,3)4/h8-9H,7,12H2,1-6H3,(H,13,14). The highest BCUT2D eigenvalue weighted by Gasteiger charge is 2.40. The Morgan fingerprint density at radius 2 is 1.88 bits per heavy atom. The topological polar surface area (TPSA) is 72.5 Å². The lowest BCUT2D eigenvalue weighted by Crippen LogP contribution is -2.47. The lowest BCUT2D eigenvalue weighted by molar-refractivity contribution is -0.144. The van der Waals surface area contributed by atoms with Crippen LogP contribution >= 0.6 is 0 Å². The Morgan fingerprint density at radius 3 is 2.12 bits per heavy atom. The van der Waals surface area contributed by atoms with Crippen LogP contribution < -0.4 is 5.73 Å². The highest BCUT2D eigenvalue weighted by Crippen LogP contribution is 2.37. The summed E-state index contributed by atoms with van der Waals surface area (Å²) in [6.45, 7) is 12.5. The lowest BCUT2D eigenvalue weighted by Gasteiger charge is -2.39. The van der Waals surface area contributed by atoms with Crippen LogP contribution in [0.5, 0.6) is 0 Å². The van der Waals surface area contributed by atoms with Crippen molar-refractivity contribution in [2.75, 3.05) is 6.54 Å². The van der Waals surface area contributed by atoms with E-state index in [1.165, 1.54) is 0 Å². The van der Waals surface area contributed by atoms with E-state index in [2.05, 4.69) is 33.9 Å². The van der Waals surface area contributed by atoms with Gasteiger partial charge >= 0.3 is 5.97 Å². The van der Waals surface area contributed by atoms with Gasteiger partial charge in [-0.1, -0.05) is 20.8 Å². The summed E-state index contributed by atoms with van der Waals surface area (Å²) >= 11 is 0. The van der Waals surface area contributed by atoms with Gasteiger partial charge in [0.15, 0.2) is 8.32 Å². The van der Waals surface area contributed by atoms with E-state index in [-0.39, 0.29) is 17.7 Å². The van der Waals surface area contributed by atoms with E-state index in [4.69, 9.17) is 15.3 Å². The largest absolute Gasteiger partial charge is 0.481 e. The van der Waals surface area contributed by atoms with Gasteiger partial charge in [0.05, 0.1) is 12.0 Å². The molecule has 0 aromatic rings. The molecule has 0 radical (unpaired) electrons. The van der Waals surface area contributed by atoms with Gasteiger partial charge in [-0.25, -0.2) is 0 Å². The fourth-order valence-corrected chi connectivity index (χ4v) is 2.66. The molecule has 0 saturated heterocycles. The zero-order valence-electron chi connectivity index (χ0n) is 11.2. The van der Waals surface area contributed by atoms with Gasteiger partial charge in [0.1, 0.15) is 0 Å². The molecule has 0 spiro atoms. The number of rotatable bonds is 5. The predicted octanol–water partition coefficient (Wildman–Crippen LogP) is 2.06. The third kappa shape index (κ3) is 3.88.